The summed E-state index contributed by atoms with van der Waals surface area (Å²) in [7, 11) is 0. The van der Waals surface area contributed by atoms with Crippen molar-refractivity contribution in [2.24, 2.45) is 0 Å². The van der Waals surface area contributed by atoms with E-state index in [4.69, 9.17) is 4.74 Å². The van der Waals surface area contributed by atoms with Crippen molar-refractivity contribution < 1.29 is 19.4 Å². The Balaban J connectivity index is 1.94. The first-order valence-electron chi connectivity index (χ1n) is 10.3. The highest BCUT2D eigenvalue weighted by Gasteiger charge is 2.44. The van der Waals surface area contributed by atoms with Crippen LogP contribution in [0.5, 0.6) is 5.75 Å². The number of hydrogen-bond donors (Lipinski definition) is 2. The highest BCUT2D eigenvalue weighted by molar-refractivity contribution is 5.96. The zero-order valence-electron chi connectivity index (χ0n) is 16.7. The highest BCUT2D eigenvalue weighted by Crippen LogP contribution is 2.46. The average Bonchev–Trinajstić information content (AvgIpc) is 3.08. The lowest BCUT2D eigenvalue weighted by atomic mass is 9.79. The first-order chi connectivity index (χ1) is 13.6. The molecule has 3 atom stereocenters. The largest absolute Gasteiger partial charge is 0.489 e. The van der Waals surface area contributed by atoms with Gasteiger partial charge in [-0.05, 0) is 19.4 Å². The number of ether oxygens (including phenoxy) is 1. The second kappa shape index (κ2) is 9.24. The van der Waals surface area contributed by atoms with Gasteiger partial charge in [0.1, 0.15) is 11.9 Å². The standard InChI is InChI=1S/C22H30N2O4/c1-3-5-10-20(26)24(11-12-25)15-13-17(22(27)23-4-2)21-16-8-6-7-9-18(16)28-19(21)14-15/h6-9,13,15,19,21,25H,3-5,10-12,14H2,1-2H3,(H,23,27). The lowest BCUT2D eigenvalue weighted by molar-refractivity contribution is -0.134. The van der Waals surface area contributed by atoms with Crippen LogP contribution in [0, 0.1) is 0 Å². The van der Waals surface area contributed by atoms with Gasteiger partial charge < -0.3 is 20.1 Å². The number of aliphatic hydroxyl groups excluding tert-OH is 1. The third-order valence-electron chi connectivity index (χ3n) is 5.49. The summed E-state index contributed by atoms with van der Waals surface area (Å²) in [6.45, 7) is 4.63. The molecule has 1 aliphatic heterocycles. The third kappa shape index (κ3) is 4.07. The van der Waals surface area contributed by atoms with Crippen molar-refractivity contribution in [2.75, 3.05) is 19.7 Å². The van der Waals surface area contributed by atoms with E-state index < -0.39 is 0 Å². The van der Waals surface area contributed by atoms with E-state index in [2.05, 4.69) is 5.32 Å². The Kier molecular flexibility index (Phi) is 6.73. The molecule has 1 heterocycles. The minimum Gasteiger partial charge on any atom is -0.489 e. The molecule has 3 unspecified atom stereocenters. The molecule has 3 rings (SSSR count). The highest BCUT2D eigenvalue weighted by atomic mass is 16.5. The van der Waals surface area contributed by atoms with Crippen LogP contribution >= 0.6 is 0 Å². The Morgan fingerprint density at radius 2 is 2.07 bits per heavy atom. The van der Waals surface area contributed by atoms with E-state index >= 15 is 0 Å². The number of likely N-dealkylation sites (N-methyl/N-ethyl adjacent to an activating group) is 1. The molecule has 2 N–H and O–H groups in total. The number of para-hydroxylation sites is 1. The monoisotopic (exact) mass is 386 g/mol. The van der Waals surface area contributed by atoms with Crippen LogP contribution in [0.4, 0.5) is 0 Å². The number of carbonyl (C=O) groups is 2. The second-order valence-electron chi connectivity index (χ2n) is 7.37. The normalized spacial score (nSPS) is 22.5. The van der Waals surface area contributed by atoms with Crippen LogP contribution in [0.3, 0.4) is 0 Å². The molecule has 0 saturated heterocycles. The number of nitrogens with zero attached hydrogens (tertiary/aromatic N) is 1. The van der Waals surface area contributed by atoms with Crippen molar-refractivity contribution in [2.45, 2.75) is 57.6 Å². The van der Waals surface area contributed by atoms with Gasteiger partial charge in [0.05, 0.1) is 18.6 Å². The van der Waals surface area contributed by atoms with Crippen molar-refractivity contribution in [1.29, 1.82) is 0 Å². The Labute approximate surface area is 166 Å². The molecule has 1 aliphatic carbocycles. The molecule has 6 heteroatoms. The summed E-state index contributed by atoms with van der Waals surface area (Å²) in [6, 6.07) is 7.55. The molecular weight excluding hydrogens is 356 g/mol. The molecule has 1 aromatic carbocycles. The van der Waals surface area contributed by atoms with Crippen LogP contribution in [0.1, 0.15) is 51.0 Å². The molecule has 0 radical (unpaired) electrons. The first-order valence-corrected chi connectivity index (χ1v) is 10.3. The minimum absolute atomic E-state index is 0.0151. The van der Waals surface area contributed by atoms with E-state index in [9.17, 15) is 14.7 Å². The molecule has 2 aliphatic rings. The molecule has 152 valence electrons. The number of unbranched alkanes of at least 4 members (excludes halogenated alkanes) is 1. The molecule has 28 heavy (non-hydrogen) atoms. The summed E-state index contributed by atoms with van der Waals surface area (Å²) in [5.74, 6) is 0.578. The first kappa shape index (κ1) is 20.4. The van der Waals surface area contributed by atoms with Crippen LogP contribution < -0.4 is 10.1 Å². The van der Waals surface area contributed by atoms with Crippen molar-refractivity contribution in [1.82, 2.24) is 10.2 Å². The number of rotatable bonds is 8. The van der Waals surface area contributed by atoms with Crippen molar-refractivity contribution >= 4 is 11.8 Å². The van der Waals surface area contributed by atoms with Gasteiger partial charge >= 0.3 is 0 Å². The number of amides is 2. The van der Waals surface area contributed by atoms with Crippen molar-refractivity contribution in [3.05, 3.63) is 41.5 Å². The van der Waals surface area contributed by atoms with Gasteiger partial charge in [-0.3, -0.25) is 9.59 Å². The molecule has 0 fully saturated rings. The molecular formula is C22H30N2O4. The van der Waals surface area contributed by atoms with Gasteiger partial charge in [-0.15, -0.1) is 0 Å². The fourth-order valence-corrected chi connectivity index (χ4v) is 4.20. The van der Waals surface area contributed by atoms with E-state index in [0.717, 1.165) is 24.2 Å². The lowest BCUT2D eigenvalue weighted by Gasteiger charge is -2.37. The molecule has 0 spiro atoms. The summed E-state index contributed by atoms with van der Waals surface area (Å²) < 4.78 is 6.17. The van der Waals surface area contributed by atoms with Crippen LogP contribution in [0.25, 0.3) is 0 Å². The molecule has 6 nitrogen and oxygen atoms in total. The zero-order chi connectivity index (χ0) is 20.1. The van der Waals surface area contributed by atoms with Gasteiger partial charge in [0.15, 0.2) is 0 Å². The summed E-state index contributed by atoms with van der Waals surface area (Å²) in [5, 5.41) is 12.4. The number of carbonyl (C=O) groups excluding carboxylic acids is 2. The van der Waals surface area contributed by atoms with Gasteiger partial charge in [-0.1, -0.05) is 37.6 Å². The maximum absolute atomic E-state index is 12.8. The SMILES string of the molecule is CCCCC(=O)N(CCO)C1C=C(C(=O)NCC)C2c3ccccc3OC2C1. The topological polar surface area (TPSA) is 78.9 Å². The van der Waals surface area contributed by atoms with E-state index in [-0.39, 0.29) is 43.0 Å². The second-order valence-corrected chi connectivity index (χ2v) is 7.37. The fourth-order valence-electron chi connectivity index (χ4n) is 4.20. The van der Waals surface area contributed by atoms with Crippen LogP contribution in [0.2, 0.25) is 0 Å². The van der Waals surface area contributed by atoms with Gasteiger partial charge in [-0.2, -0.15) is 0 Å². The van der Waals surface area contributed by atoms with Crippen molar-refractivity contribution in [3.8, 4) is 5.75 Å². The Hall–Kier alpha value is -2.34. The Morgan fingerprint density at radius 1 is 1.29 bits per heavy atom. The molecule has 2 amide bonds. The predicted octanol–water partition coefficient (Wildman–Crippen LogP) is 2.38. The molecule has 0 aromatic heterocycles. The van der Waals surface area contributed by atoms with E-state index in [1.165, 1.54) is 0 Å². The number of nitrogens with one attached hydrogen (secondary N) is 1. The van der Waals surface area contributed by atoms with Gasteiger partial charge in [-0.25, -0.2) is 0 Å². The number of fused-ring (bicyclic) bond motifs is 3. The van der Waals surface area contributed by atoms with Gasteiger partial charge in [0, 0.05) is 37.1 Å². The minimum atomic E-state index is -0.260. The van der Waals surface area contributed by atoms with Crippen LogP contribution in [0.15, 0.2) is 35.9 Å². The number of aliphatic hydroxyl groups is 1. The predicted molar refractivity (Wildman–Crippen MR) is 107 cm³/mol. The number of hydrogen-bond acceptors (Lipinski definition) is 4. The Morgan fingerprint density at radius 3 is 2.79 bits per heavy atom. The zero-order valence-corrected chi connectivity index (χ0v) is 16.7. The molecule has 0 bridgehead atoms. The third-order valence-corrected chi connectivity index (χ3v) is 5.49. The van der Waals surface area contributed by atoms with Crippen LogP contribution in [-0.4, -0.2) is 53.7 Å². The van der Waals surface area contributed by atoms with Gasteiger partial charge in [0.2, 0.25) is 11.8 Å². The Bertz CT molecular complexity index is 746. The number of benzene rings is 1. The van der Waals surface area contributed by atoms with Crippen LogP contribution in [-0.2, 0) is 9.59 Å². The molecule has 1 aromatic rings. The van der Waals surface area contributed by atoms with Gasteiger partial charge in [0.25, 0.3) is 0 Å². The quantitative estimate of drug-likeness (QED) is 0.719. The smallest absolute Gasteiger partial charge is 0.247 e. The van der Waals surface area contributed by atoms with E-state index in [1.807, 2.05) is 44.2 Å². The molecule has 0 saturated carbocycles. The summed E-state index contributed by atoms with van der Waals surface area (Å²) in [6.07, 6.45) is 4.54. The fraction of sp³-hybridized carbons (Fsp3) is 0.545. The van der Waals surface area contributed by atoms with E-state index in [0.29, 0.717) is 25.0 Å². The summed E-state index contributed by atoms with van der Waals surface area (Å²) in [5.41, 5.74) is 1.67. The average molecular weight is 386 g/mol. The van der Waals surface area contributed by atoms with E-state index in [1.54, 1.807) is 4.90 Å². The summed E-state index contributed by atoms with van der Waals surface area (Å²) in [4.78, 5) is 27.3. The van der Waals surface area contributed by atoms with Crippen molar-refractivity contribution in [3.63, 3.8) is 0 Å². The maximum atomic E-state index is 12.8. The summed E-state index contributed by atoms with van der Waals surface area (Å²) >= 11 is 0. The lowest BCUT2D eigenvalue weighted by Crippen LogP contribution is -2.47. The maximum Gasteiger partial charge on any atom is 0.247 e.